The van der Waals surface area contributed by atoms with E-state index in [2.05, 4.69) is 31.1 Å². The predicted molar refractivity (Wildman–Crippen MR) is 177 cm³/mol. The van der Waals surface area contributed by atoms with Crippen molar-refractivity contribution in [2.24, 2.45) is 0 Å². The molecule has 0 radical (unpaired) electrons. The summed E-state index contributed by atoms with van der Waals surface area (Å²) in [5, 5.41) is 15.7. The molecule has 3 atom stereocenters. The Morgan fingerprint density at radius 1 is 0.977 bits per heavy atom. The maximum atomic E-state index is 14.6. The third kappa shape index (κ3) is 12.4. The number of hydrogen-bond acceptors (Lipinski definition) is 5. The monoisotopic (exact) mass is 607 g/mol. The highest BCUT2D eigenvalue weighted by atomic mass is 16.6. The van der Waals surface area contributed by atoms with Crippen molar-refractivity contribution >= 4 is 24.0 Å². The summed E-state index contributed by atoms with van der Waals surface area (Å²) in [6.07, 6.45) is 7.69. The Morgan fingerprint density at radius 2 is 1.66 bits per heavy atom. The molecule has 3 unspecified atom stereocenters. The van der Waals surface area contributed by atoms with Crippen LogP contribution in [0.15, 0.2) is 55.1 Å². The molecular formula is C36H53N3O5. The van der Waals surface area contributed by atoms with E-state index >= 15 is 0 Å². The predicted octanol–water partition coefficient (Wildman–Crippen LogP) is 7.32. The van der Waals surface area contributed by atoms with Gasteiger partial charge in [0.1, 0.15) is 23.4 Å². The molecule has 0 aliphatic carbocycles. The Balaban J connectivity index is 2.60. The average molecular weight is 608 g/mol. The Morgan fingerprint density at radius 3 is 2.27 bits per heavy atom. The molecule has 0 aliphatic heterocycles. The van der Waals surface area contributed by atoms with E-state index in [9.17, 15) is 19.5 Å². The molecular weight excluding hydrogens is 554 g/mol. The number of nitrogens with one attached hydrogen (secondary N) is 2. The highest BCUT2D eigenvalue weighted by Crippen LogP contribution is 2.26. The number of benzene rings is 2. The lowest BCUT2D eigenvalue weighted by molar-refractivity contribution is -0.142. The zero-order valence-electron chi connectivity index (χ0n) is 27.5. The molecule has 8 nitrogen and oxygen atoms in total. The van der Waals surface area contributed by atoms with Crippen LogP contribution in [0.5, 0.6) is 5.75 Å². The highest BCUT2D eigenvalue weighted by Gasteiger charge is 2.36. The number of hydrogen-bond donors (Lipinski definition) is 3. The summed E-state index contributed by atoms with van der Waals surface area (Å²) in [6, 6.07) is 12.0. The highest BCUT2D eigenvalue weighted by molar-refractivity contribution is 5.92. The number of phenolic OH excluding ortho intramolecular Hbond substituents is 1. The fourth-order valence-corrected chi connectivity index (χ4v) is 5.13. The first-order chi connectivity index (χ1) is 20.9. The maximum Gasteiger partial charge on any atom is 0.408 e. The van der Waals surface area contributed by atoms with Gasteiger partial charge in [-0.3, -0.25) is 9.59 Å². The van der Waals surface area contributed by atoms with Gasteiger partial charge in [0.25, 0.3) is 0 Å². The standard InChI is InChI=1S/C36H53N3O5/c1-8-11-12-13-14-23-39(32(33(41)37-26(4)16-9-2)29-18-15-17-27(10-3)24-29)34(42)31(38-35(43)44-36(5,6)7)25-28-19-21-30(40)22-20-28/h10,15,17-22,24,26,31-32,40H,3,8-9,11-14,16,23,25H2,1-2,4-7H3,(H,37,41)(H,38,43). The van der Waals surface area contributed by atoms with Crippen molar-refractivity contribution in [1.29, 1.82) is 0 Å². The van der Waals surface area contributed by atoms with Crippen LogP contribution in [0.25, 0.3) is 6.08 Å². The molecule has 0 heterocycles. The number of unbranched alkanes of at least 4 members (excludes halogenated alkanes) is 4. The van der Waals surface area contributed by atoms with E-state index in [4.69, 9.17) is 4.74 Å². The van der Waals surface area contributed by atoms with Crippen LogP contribution in [0.4, 0.5) is 4.79 Å². The summed E-state index contributed by atoms with van der Waals surface area (Å²) in [6.45, 7) is 15.7. The Bertz CT molecular complexity index is 1200. The van der Waals surface area contributed by atoms with E-state index < -0.39 is 23.8 Å². The molecule has 0 spiro atoms. The number of aromatic hydroxyl groups is 1. The Hall–Kier alpha value is -3.81. The van der Waals surface area contributed by atoms with Crippen LogP contribution in [0, 0.1) is 0 Å². The second-order valence-corrected chi connectivity index (χ2v) is 12.5. The summed E-state index contributed by atoms with van der Waals surface area (Å²) in [7, 11) is 0. The first-order valence-corrected chi connectivity index (χ1v) is 16.0. The summed E-state index contributed by atoms with van der Waals surface area (Å²) >= 11 is 0. The van der Waals surface area contributed by atoms with Gasteiger partial charge in [-0.2, -0.15) is 0 Å². The van der Waals surface area contributed by atoms with Gasteiger partial charge < -0.3 is 25.4 Å². The van der Waals surface area contributed by atoms with Crippen LogP contribution in [0.3, 0.4) is 0 Å². The van der Waals surface area contributed by atoms with Crippen LogP contribution < -0.4 is 10.6 Å². The molecule has 242 valence electrons. The van der Waals surface area contributed by atoms with Crippen molar-refractivity contribution in [2.75, 3.05) is 6.54 Å². The van der Waals surface area contributed by atoms with E-state index in [0.29, 0.717) is 18.5 Å². The van der Waals surface area contributed by atoms with Gasteiger partial charge in [0, 0.05) is 19.0 Å². The van der Waals surface area contributed by atoms with E-state index in [-0.39, 0.29) is 30.0 Å². The Kier molecular flexibility index (Phi) is 15.0. The van der Waals surface area contributed by atoms with Crippen molar-refractivity contribution < 1.29 is 24.2 Å². The number of nitrogens with zero attached hydrogens (tertiary/aromatic N) is 1. The molecule has 3 N–H and O–H groups in total. The van der Waals surface area contributed by atoms with Crippen LogP contribution in [0.2, 0.25) is 0 Å². The smallest absolute Gasteiger partial charge is 0.408 e. The number of carbonyl (C=O) groups excluding carboxylic acids is 3. The van der Waals surface area contributed by atoms with E-state index in [1.54, 1.807) is 56.0 Å². The van der Waals surface area contributed by atoms with Gasteiger partial charge in [-0.25, -0.2) is 4.79 Å². The van der Waals surface area contributed by atoms with Gasteiger partial charge in [-0.1, -0.05) is 88.9 Å². The molecule has 0 aromatic heterocycles. The lowest BCUT2D eigenvalue weighted by atomic mass is 9.98. The molecule has 0 saturated heterocycles. The summed E-state index contributed by atoms with van der Waals surface area (Å²) in [5.41, 5.74) is 1.49. The molecule has 0 bridgehead atoms. The lowest BCUT2D eigenvalue weighted by Crippen LogP contribution is -2.54. The van der Waals surface area contributed by atoms with Gasteiger partial charge in [0.15, 0.2) is 0 Å². The first-order valence-electron chi connectivity index (χ1n) is 16.0. The number of amides is 3. The van der Waals surface area contributed by atoms with Gasteiger partial charge in [-0.05, 0) is 75.4 Å². The molecule has 44 heavy (non-hydrogen) atoms. The maximum absolute atomic E-state index is 14.6. The number of rotatable bonds is 17. The van der Waals surface area contributed by atoms with Crippen molar-refractivity contribution in [3.63, 3.8) is 0 Å². The average Bonchev–Trinajstić information content (AvgIpc) is 2.96. The van der Waals surface area contributed by atoms with Gasteiger partial charge >= 0.3 is 6.09 Å². The van der Waals surface area contributed by atoms with Crippen molar-refractivity contribution in [3.8, 4) is 5.75 Å². The molecule has 2 aromatic carbocycles. The molecule has 0 saturated carbocycles. The zero-order chi connectivity index (χ0) is 32.7. The normalized spacial score (nSPS) is 13.3. The van der Waals surface area contributed by atoms with Crippen molar-refractivity contribution in [1.82, 2.24) is 15.5 Å². The largest absolute Gasteiger partial charge is 0.508 e. The molecule has 3 amide bonds. The molecule has 0 aliphatic rings. The Labute approximate surface area is 264 Å². The van der Waals surface area contributed by atoms with Crippen molar-refractivity contribution in [2.45, 2.75) is 117 Å². The lowest BCUT2D eigenvalue weighted by Gasteiger charge is -2.35. The molecule has 2 aromatic rings. The van der Waals surface area contributed by atoms with Gasteiger partial charge in [0.2, 0.25) is 11.8 Å². The minimum Gasteiger partial charge on any atom is -0.508 e. The number of phenols is 1. The van der Waals surface area contributed by atoms with E-state index in [1.807, 2.05) is 31.2 Å². The minimum atomic E-state index is -1.02. The zero-order valence-corrected chi connectivity index (χ0v) is 27.5. The first kappa shape index (κ1) is 36.4. The molecule has 8 heteroatoms. The fourth-order valence-electron chi connectivity index (χ4n) is 5.13. The van der Waals surface area contributed by atoms with Crippen LogP contribution in [-0.4, -0.2) is 52.1 Å². The second-order valence-electron chi connectivity index (χ2n) is 12.5. The summed E-state index contributed by atoms with van der Waals surface area (Å²) in [5.74, 6) is -0.549. The van der Waals surface area contributed by atoms with Crippen LogP contribution >= 0.6 is 0 Å². The quantitative estimate of drug-likeness (QED) is 0.163. The number of carbonyl (C=O) groups is 3. The van der Waals surface area contributed by atoms with Gasteiger partial charge in [0.05, 0.1) is 0 Å². The topological polar surface area (TPSA) is 108 Å². The molecule has 2 rings (SSSR count). The number of ether oxygens (including phenoxy) is 1. The second kappa shape index (κ2) is 18.1. The summed E-state index contributed by atoms with van der Waals surface area (Å²) in [4.78, 5) is 43.3. The van der Waals surface area contributed by atoms with Gasteiger partial charge in [-0.15, -0.1) is 0 Å². The number of alkyl carbamates (subject to hydrolysis) is 1. The molecule has 0 fully saturated rings. The third-order valence-corrected chi connectivity index (χ3v) is 7.28. The van der Waals surface area contributed by atoms with E-state index in [1.165, 1.54) is 0 Å². The van der Waals surface area contributed by atoms with Crippen LogP contribution in [0.1, 0.15) is 109 Å². The fraction of sp³-hybridized carbons (Fsp3) is 0.528. The van der Waals surface area contributed by atoms with Crippen molar-refractivity contribution in [3.05, 3.63) is 71.8 Å². The SMILES string of the molecule is C=Cc1cccc(C(C(=O)NC(C)CCC)N(CCCCCCC)C(=O)C(Cc2ccc(O)cc2)NC(=O)OC(C)(C)C)c1. The summed E-state index contributed by atoms with van der Waals surface area (Å²) < 4.78 is 5.53. The van der Waals surface area contributed by atoms with E-state index in [0.717, 1.165) is 49.7 Å². The third-order valence-electron chi connectivity index (χ3n) is 7.28. The minimum absolute atomic E-state index is 0.0771. The van der Waals surface area contributed by atoms with Crippen LogP contribution in [-0.2, 0) is 20.7 Å².